The van der Waals surface area contributed by atoms with E-state index >= 15 is 0 Å². The maximum absolute atomic E-state index is 13.1. The van der Waals surface area contributed by atoms with E-state index in [1.165, 1.54) is 0 Å². The van der Waals surface area contributed by atoms with Crippen LogP contribution in [0.5, 0.6) is 0 Å². The van der Waals surface area contributed by atoms with Crippen molar-refractivity contribution >= 4 is 22.7 Å². The number of nitrogens with zero attached hydrogens (tertiary/aromatic N) is 2. The molecule has 2 heterocycles. The number of para-hydroxylation sites is 1. The summed E-state index contributed by atoms with van der Waals surface area (Å²) in [4.78, 5) is 31.4. The summed E-state index contributed by atoms with van der Waals surface area (Å²) in [6.45, 7) is 4.96. The molecule has 0 saturated carbocycles. The average molecular weight is 373 g/mol. The Bertz CT molecular complexity index is 1020. The van der Waals surface area contributed by atoms with Crippen LogP contribution in [-0.2, 0) is 4.79 Å². The second-order valence-electron chi connectivity index (χ2n) is 7.43. The fourth-order valence-corrected chi connectivity index (χ4v) is 3.88. The number of pyridine rings is 1. The van der Waals surface area contributed by atoms with E-state index in [1.807, 2.05) is 62.4 Å². The number of fused-ring (bicyclic) bond motifs is 1. The molecule has 0 bridgehead atoms. The molecule has 2 aromatic carbocycles. The van der Waals surface area contributed by atoms with Gasteiger partial charge < -0.3 is 10.2 Å². The molecule has 4 rings (SSSR count). The zero-order valence-corrected chi connectivity index (χ0v) is 16.1. The van der Waals surface area contributed by atoms with Crippen LogP contribution in [0.1, 0.15) is 24.2 Å². The normalized spacial score (nSPS) is 17.0. The molecule has 1 aromatic heterocycles. The molecule has 0 aliphatic carbocycles. The maximum atomic E-state index is 13.1. The van der Waals surface area contributed by atoms with E-state index in [0.29, 0.717) is 18.7 Å². The molecule has 1 aliphatic rings. The Balaban J connectivity index is 1.64. The van der Waals surface area contributed by atoms with Gasteiger partial charge >= 0.3 is 0 Å². The Morgan fingerprint density at radius 1 is 1.11 bits per heavy atom. The highest BCUT2D eigenvalue weighted by atomic mass is 16.2. The number of nitrogens with one attached hydrogen (secondary N) is 1. The number of carbonyl (C=O) groups excluding carboxylic acids is 2. The molecular formula is C23H23N3O2. The monoisotopic (exact) mass is 373 g/mol. The summed E-state index contributed by atoms with van der Waals surface area (Å²) < 4.78 is 0. The predicted octanol–water partition coefficient (Wildman–Crippen LogP) is 3.50. The van der Waals surface area contributed by atoms with Crippen LogP contribution < -0.4 is 5.32 Å². The highest BCUT2D eigenvalue weighted by Crippen LogP contribution is 2.28. The van der Waals surface area contributed by atoms with Crippen molar-refractivity contribution in [3.63, 3.8) is 0 Å². The Labute approximate surface area is 164 Å². The van der Waals surface area contributed by atoms with Crippen molar-refractivity contribution in [3.05, 3.63) is 66.4 Å². The van der Waals surface area contributed by atoms with Crippen LogP contribution in [0.2, 0.25) is 0 Å². The molecule has 3 aromatic rings. The number of amides is 2. The lowest BCUT2D eigenvalue weighted by Gasteiger charge is -2.37. The number of rotatable bonds is 3. The van der Waals surface area contributed by atoms with Crippen molar-refractivity contribution in [3.8, 4) is 11.1 Å². The molecule has 1 atom stereocenters. The largest absolute Gasteiger partial charge is 0.353 e. The van der Waals surface area contributed by atoms with Crippen molar-refractivity contribution in [1.29, 1.82) is 0 Å². The first-order valence-electron chi connectivity index (χ1n) is 9.59. The standard InChI is InChI=1S/C23H23N3O2/c1-15(2)21-22(27)25-13-14-26(21)23(28)17-9-7-16(8-10-17)18-11-12-24-20-6-4-3-5-19(18)20/h3-12,15,21H,13-14H2,1-2H3,(H,25,27)/t21-/m1/s1. The van der Waals surface area contributed by atoms with Crippen molar-refractivity contribution in [1.82, 2.24) is 15.2 Å². The van der Waals surface area contributed by atoms with E-state index < -0.39 is 6.04 Å². The second kappa shape index (κ2) is 7.43. The maximum Gasteiger partial charge on any atom is 0.254 e. The van der Waals surface area contributed by atoms with Crippen LogP contribution in [0.25, 0.3) is 22.0 Å². The molecule has 1 N–H and O–H groups in total. The molecule has 1 aliphatic heterocycles. The smallest absolute Gasteiger partial charge is 0.254 e. The van der Waals surface area contributed by atoms with Crippen LogP contribution in [0.3, 0.4) is 0 Å². The third-order valence-electron chi connectivity index (χ3n) is 5.24. The highest BCUT2D eigenvalue weighted by Gasteiger charge is 2.35. The number of hydrogen-bond donors (Lipinski definition) is 1. The molecule has 5 nitrogen and oxygen atoms in total. The fraction of sp³-hybridized carbons (Fsp3) is 0.261. The van der Waals surface area contributed by atoms with Crippen molar-refractivity contribution < 1.29 is 9.59 Å². The summed E-state index contributed by atoms with van der Waals surface area (Å²) in [6, 6.07) is 17.2. The number of benzene rings is 2. The Morgan fingerprint density at radius 3 is 2.61 bits per heavy atom. The van der Waals surface area contributed by atoms with Gasteiger partial charge in [-0.05, 0) is 41.3 Å². The molecule has 0 unspecified atom stereocenters. The van der Waals surface area contributed by atoms with E-state index in [0.717, 1.165) is 22.0 Å². The first-order valence-corrected chi connectivity index (χ1v) is 9.59. The van der Waals surface area contributed by atoms with Gasteiger partial charge in [0.25, 0.3) is 5.91 Å². The summed E-state index contributed by atoms with van der Waals surface area (Å²) in [6.07, 6.45) is 1.80. The van der Waals surface area contributed by atoms with E-state index in [9.17, 15) is 9.59 Å². The van der Waals surface area contributed by atoms with E-state index in [2.05, 4.69) is 16.4 Å². The second-order valence-corrected chi connectivity index (χ2v) is 7.43. The van der Waals surface area contributed by atoms with Gasteiger partial charge in [0.2, 0.25) is 5.91 Å². The van der Waals surface area contributed by atoms with Crippen LogP contribution in [0, 0.1) is 5.92 Å². The number of piperazine rings is 1. The lowest BCUT2D eigenvalue weighted by atomic mass is 9.97. The van der Waals surface area contributed by atoms with Gasteiger partial charge in [0.15, 0.2) is 0 Å². The average Bonchev–Trinajstić information content (AvgIpc) is 2.72. The third-order valence-corrected chi connectivity index (χ3v) is 5.24. The Kier molecular flexibility index (Phi) is 4.82. The Morgan fingerprint density at radius 2 is 1.86 bits per heavy atom. The molecule has 0 spiro atoms. The van der Waals surface area contributed by atoms with E-state index in [-0.39, 0.29) is 17.7 Å². The summed E-state index contributed by atoms with van der Waals surface area (Å²) >= 11 is 0. The first-order chi connectivity index (χ1) is 13.6. The van der Waals surface area contributed by atoms with Gasteiger partial charge in [-0.2, -0.15) is 0 Å². The minimum atomic E-state index is -0.426. The molecular weight excluding hydrogens is 350 g/mol. The molecule has 2 amide bonds. The number of aromatic nitrogens is 1. The zero-order chi connectivity index (χ0) is 19.7. The highest BCUT2D eigenvalue weighted by molar-refractivity contribution is 5.99. The summed E-state index contributed by atoms with van der Waals surface area (Å²) in [5, 5.41) is 3.94. The lowest BCUT2D eigenvalue weighted by Crippen LogP contribution is -2.59. The molecule has 1 fully saturated rings. The lowest BCUT2D eigenvalue weighted by molar-refractivity contribution is -0.129. The summed E-state index contributed by atoms with van der Waals surface area (Å²) in [5.41, 5.74) is 3.66. The number of carbonyl (C=O) groups is 2. The molecule has 1 saturated heterocycles. The van der Waals surface area contributed by atoms with Crippen LogP contribution >= 0.6 is 0 Å². The van der Waals surface area contributed by atoms with E-state index in [1.54, 1.807) is 11.1 Å². The van der Waals surface area contributed by atoms with Gasteiger partial charge in [-0.1, -0.05) is 44.2 Å². The SMILES string of the molecule is CC(C)[C@@H]1C(=O)NCCN1C(=O)c1ccc(-c2ccnc3ccccc23)cc1. The molecule has 142 valence electrons. The van der Waals surface area contributed by atoms with Gasteiger partial charge in [-0.15, -0.1) is 0 Å². The summed E-state index contributed by atoms with van der Waals surface area (Å²) in [5.74, 6) is -0.110. The van der Waals surface area contributed by atoms with Gasteiger partial charge in [-0.3, -0.25) is 14.6 Å². The molecule has 28 heavy (non-hydrogen) atoms. The third kappa shape index (κ3) is 3.24. The quantitative estimate of drug-likeness (QED) is 0.764. The molecule has 0 radical (unpaired) electrons. The predicted molar refractivity (Wildman–Crippen MR) is 110 cm³/mol. The zero-order valence-electron chi connectivity index (χ0n) is 16.1. The van der Waals surface area contributed by atoms with Crippen molar-refractivity contribution in [2.45, 2.75) is 19.9 Å². The van der Waals surface area contributed by atoms with Crippen LogP contribution in [0.15, 0.2) is 60.8 Å². The van der Waals surface area contributed by atoms with E-state index in [4.69, 9.17) is 0 Å². The fourth-order valence-electron chi connectivity index (χ4n) is 3.88. The Hall–Kier alpha value is -3.21. The first kappa shape index (κ1) is 18.2. The summed E-state index contributed by atoms with van der Waals surface area (Å²) in [7, 11) is 0. The van der Waals surface area contributed by atoms with Gasteiger partial charge in [0, 0.05) is 30.2 Å². The minimum Gasteiger partial charge on any atom is -0.353 e. The number of hydrogen-bond acceptors (Lipinski definition) is 3. The topological polar surface area (TPSA) is 62.3 Å². The van der Waals surface area contributed by atoms with Crippen LogP contribution in [-0.4, -0.2) is 40.8 Å². The molecule has 5 heteroatoms. The van der Waals surface area contributed by atoms with Crippen molar-refractivity contribution in [2.75, 3.05) is 13.1 Å². The minimum absolute atomic E-state index is 0.0618. The van der Waals surface area contributed by atoms with Crippen molar-refractivity contribution in [2.24, 2.45) is 5.92 Å². The van der Waals surface area contributed by atoms with Crippen LogP contribution in [0.4, 0.5) is 0 Å². The van der Waals surface area contributed by atoms with Gasteiger partial charge in [0.1, 0.15) is 6.04 Å². The van der Waals surface area contributed by atoms with Gasteiger partial charge in [-0.25, -0.2) is 0 Å². The van der Waals surface area contributed by atoms with Gasteiger partial charge in [0.05, 0.1) is 5.52 Å².